The van der Waals surface area contributed by atoms with Crippen molar-refractivity contribution < 1.29 is 18.3 Å². The van der Waals surface area contributed by atoms with Gasteiger partial charge in [0, 0.05) is 56.6 Å². The molecule has 2 saturated heterocycles. The number of pyridine rings is 2. The number of carbonyl (C=O) groups is 1. The SMILES string of the molecule is Cc1c(CCN2CCNC(=O)C2)nc2cc(F)cc(F)c2c1N(c1cccnc1)C1COCCN1. The number of morpholine rings is 1. The van der Waals surface area contributed by atoms with Crippen molar-refractivity contribution in [3.8, 4) is 0 Å². The number of halogens is 2. The number of fused-ring (bicyclic) bond motifs is 1. The van der Waals surface area contributed by atoms with Gasteiger partial charge >= 0.3 is 0 Å². The second-order valence-electron chi connectivity index (χ2n) is 8.82. The van der Waals surface area contributed by atoms with Crippen molar-refractivity contribution in [3.63, 3.8) is 0 Å². The number of rotatable bonds is 6. The quantitative estimate of drug-likeness (QED) is 0.558. The minimum atomic E-state index is -0.678. The monoisotopic (exact) mass is 482 g/mol. The third kappa shape index (κ3) is 4.95. The van der Waals surface area contributed by atoms with Gasteiger partial charge in [-0.1, -0.05) is 0 Å². The molecule has 1 amide bonds. The van der Waals surface area contributed by atoms with E-state index < -0.39 is 11.6 Å². The highest BCUT2D eigenvalue weighted by atomic mass is 19.1. The van der Waals surface area contributed by atoms with Crippen LogP contribution in [0.2, 0.25) is 0 Å². The van der Waals surface area contributed by atoms with Gasteiger partial charge in [-0.05, 0) is 24.6 Å². The first-order valence-electron chi connectivity index (χ1n) is 11.8. The maximum Gasteiger partial charge on any atom is 0.234 e. The molecule has 0 radical (unpaired) electrons. The molecule has 0 aliphatic carbocycles. The summed E-state index contributed by atoms with van der Waals surface area (Å²) >= 11 is 0. The number of hydrogen-bond donors (Lipinski definition) is 2. The van der Waals surface area contributed by atoms with E-state index in [1.54, 1.807) is 12.4 Å². The van der Waals surface area contributed by atoms with Crippen LogP contribution in [0.1, 0.15) is 11.3 Å². The molecule has 35 heavy (non-hydrogen) atoms. The fraction of sp³-hybridized carbons (Fsp3) is 0.400. The lowest BCUT2D eigenvalue weighted by Gasteiger charge is -2.38. The van der Waals surface area contributed by atoms with E-state index in [0.29, 0.717) is 51.5 Å². The molecule has 1 atom stereocenters. The smallest absolute Gasteiger partial charge is 0.234 e. The van der Waals surface area contributed by atoms with Gasteiger partial charge in [-0.25, -0.2) is 8.78 Å². The highest BCUT2D eigenvalue weighted by Gasteiger charge is 2.29. The van der Waals surface area contributed by atoms with E-state index in [1.165, 1.54) is 6.07 Å². The van der Waals surface area contributed by atoms with Crippen molar-refractivity contribution in [2.75, 3.05) is 50.8 Å². The van der Waals surface area contributed by atoms with Gasteiger partial charge < -0.3 is 15.0 Å². The maximum atomic E-state index is 15.4. The predicted octanol–water partition coefficient (Wildman–Crippen LogP) is 2.27. The molecule has 1 unspecified atom stereocenters. The molecule has 0 bridgehead atoms. The number of ether oxygens (including phenoxy) is 1. The Labute approximate surface area is 202 Å². The highest BCUT2D eigenvalue weighted by molar-refractivity contribution is 5.96. The molecule has 3 aromatic rings. The van der Waals surface area contributed by atoms with Crippen molar-refractivity contribution in [3.05, 3.63) is 59.6 Å². The first-order valence-corrected chi connectivity index (χ1v) is 11.8. The van der Waals surface area contributed by atoms with Crippen molar-refractivity contribution >= 4 is 28.2 Å². The summed E-state index contributed by atoms with van der Waals surface area (Å²) in [5, 5.41) is 6.53. The topological polar surface area (TPSA) is 82.6 Å². The molecular formula is C25H28F2N6O2. The number of aromatic nitrogens is 2. The summed E-state index contributed by atoms with van der Waals surface area (Å²) in [4.78, 5) is 24.8. The zero-order valence-electron chi connectivity index (χ0n) is 19.6. The van der Waals surface area contributed by atoms with Gasteiger partial charge in [0.15, 0.2) is 0 Å². The molecule has 5 rings (SSSR count). The summed E-state index contributed by atoms with van der Waals surface area (Å²) in [6.45, 7) is 5.82. The lowest BCUT2D eigenvalue weighted by molar-refractivity contribution is -0.124. The highest BCUT2D eigenvalue weighted by Crippen LogP contribution is 2.39. The first-order chi connectivity index (χ1) is 17.0. The Morgan fingerprint density at radius 1 is 1.29 bits per heavy atom. The maximum absolute atomic E-state index is 15.4. The van der Waals surface area contributed by atoms with E-state index in [9.17, 15) is 9.18 Å². The van der Waals surface area contributed by atoms with Gasteiger partial charge in [-0.2, -0.15) is 0 Å². The molecule has 184 valence electrons. The summed E-state index contributed by atoms with van der Waals surface area (Å²) in [5.74, 6) is -1.35. The lowest BCUT2D eigenvalue weighted by atomic mass is 10.0. The number of hydrogen-bond acceptors (Lipinski definition) is 7. The van der Waals surface area contributed by atoms with Gasteiger partial charge in [0.05, 0.1) is 48.2 Å². The Balaban J connectivity index is 1.64. The van der Waals surface area contributed by atoms with Crippen LogP contribution in [0, 0.1) is 18.6 Å². The largest absolute Gasteiger partial charge is 0.377 e. The van der Waals surface area contributed by atoms with Crippen molar-refractivity contribution in [1.29, 1.82) is 0 Å². The Morgan fingerprint density at radius 3 is 2.91 bits per heavy atom. The number of nitrogens with one attached hydrogen (secondary N) is 2. The van der Waals surface area contributed by atoms with Crippen LogP contribution in [-0.4, -0.2) is 72.9 Å². The minimum absolute atomic E-state index is 0.00426. The second-order valence-corrected chi connectivity index (χ2v) is 8.82. The molecule has 2 aliphatic rings. The van der Waals surface area contributed by atoms with E-state index in [0.717, 1.165) is 29.6 Å². The Kier molecular flexibility index (Phi) is 6.85. The fourth-order valence-corrected chi connectivity index (χ4v) is 4.81. The predicted molar refractivity (Wildman–Crippen MR) is 129 cm³/mol. The zero-order valence-corrected chi connectivity index (χ0v) is 19.6. The number of amides is 1. The summed E-state index contributed by atoms with van der Waals surface area (Å²) in [5.41, 5.74) is 3.14. The summed E-state index contributed by atoms with van der Waals surface area (Å²) < 4.78 is 35.4. The third-order valence-electron chi connectivity index (χ3n) is 6.48. The van der Waals surface area contributed by atoms with Crippen LogP contribution in [0.15, 0.2) is 36.7 Å². The summed E-state index contributed by atoms with van der Waals surface area (Å²) in [6.07, 6.45) is 3.66. The van der Waals surface area contributed by atoms with Crippen LogP contribution in [0.3, 0.4) is 0 Å². The first kappa shape index (κ1) is 23.5. The number of carbonyl (C=O) groups excluding carboxylic acids is 1. The molecule has 8 nitrogen and oxygen atoms in total. The van der Waals surface area contributed by atoms with Crippen molar-refractivity contribution in [2.45, 2.75) is 19.5 Å². The minimum Gasteiger partial charge on any atom is -0.377 e. The third-order valence-corrected chi connectivity index (χ3v) is 6.48. The van der Waals surface area contributed by atoms with Crippen LogP contribution in [0.4, 0.5) is 20.2 Å². The Bertz CT molecular complexity index is 1220. The number of piperazine rings is 1. The van der Waals surface area contributed by atoms with Gasteiger partial charge in [0.2, 0.25) is 5.91 Å². The van der Waals surface area contributed by atoms with E-state index >= 15 is 4.39 Å². The number of nitrogens with zero attached hydrogens (tertiary/aromatic N) is 4. The number of benzene rings is 1. The van der Waals surface area contributed by atoms with Crippen LogP contribution in [-0.2, 0) is 16.0 Å². The van der Waals surface area contributed by atoms with E-state index in [1.807, 2.05) is 24.0 Å². The molecule has 2 aliphatic heterocycles. The zero-order chi connectivity index (χ0) is 24.4. The second kappa shape index (κ2) is 10.2. The molecule has 0 saturated carbocycles. The molecule has 10 heteroatoms. The molecule has 0 spiro atoms. The Hall–Kier alpha value is -3.21. The van der Waals surface area contributed by atoms with Crippen LogP contribution in [0.5, 0.6) is 0 Å². The lowest BCUT2D eigenvalue weighted by Crippen LogP contribution is -2.51. The van der Waals surface area contributed by atoms with Crippen LogP contribution >= 0.6 is 0 Å². The summed E-state index contributed by atoms with van der Waals surface area (Å²) in [6, 6.07) is 5.89. The molecule has 2 fully saturated rings. The molecular weight excluding hydrogens is 454 g/mol. The average Bonchev–Trinajstić information content (AvgIpc) is 2.86. The molecule has 4 heterocycles. The van der Waals surface area contributed by atoms with Crippen LogP contribution < -0.4 is 15.5 Å². The number of anilines is 2. The van der Waals surface area contributed by atoms with Crippen molar-refractivity contribution in [2.24, 2.45) is 0 Å². The molecule has 2 aromatic heterocycles. The normalized spacial score (nSPS) is 19.1. The van der Waals surface area contributed by atoms with Crippen molar-refractivity contribution in [1.82, 2.24) is 25.5 Å². The molecule has 2 N–H and O–H groups in total. The fourth-order valence-electron chi connectivity index (χ4n) is 4.81. The average molecular weight is 483 g/mol. The van der Waals surface area contributed by atoms with E-state index in [4.69, 9.17) is 4.74 Å². The van der Waals surface area contributed by atoms with E-state index in [2.05, 4.69) is 25.5 Å². The molecule has 1 aromatic carbocycles. The standard InChI is InChI=1S/C25H28F2N6O2/c1-16-20(4-8-32-9-6-30-23(34)14-32)31-21-12-17(26)11-19(27)24(21)25(16)33(18-3-2-5-28-13-18)22-15-35-10-7-29-22/h2-3,5,11-13,22,29H,4,6-10,14-15H2,1H3,(H,30,34). The summed E-state index contributed by atoms with van der Waals surface area (Å²) in [7, 11) is 0. The van der Waals surface area contributed by atoms with Gasteiger partial charge in [-0.3, -0.25) is 25.0 Å². The van der Waals surface area contributed by atoms with Crippen LogP contribution in [0.25, 0.3) is 10.9 Å². The van der Waals surface area contributed by atoms with E-state index in [-0.39, 0.29) is 23.0 Å². The van der Waals surface area contributed by atoms with Gasteiger partial charge in [0.25, 0.3) is 0 Å². The van der Waals surface area contributed by atoms with Gasteiger partial charge in [0.1, 0.15) is 17.8 Å². The van der Waals surface area contributed by atoms with Gasteiger partial charge in [-0.15, -0.1) is 0 Å². The Morgan fingerprint density at radius 2 is 2.17 bits per heavy atom.